The molecule has 2 aromatic rings. The molecule has 2 heterocycles. The van der Waals surface area contributed by atoms with Gasteiger partial charge in [0.05, 0.1) is 11.4 Å². The van der Waals surface area contributed by atoms with Crippen LogP contribution >= 0.6 is 0 Å². The van der Waals surface area contributed by atoms with Gasteiger partial charge >= 0.3 is 0 Å². The van der Waals surface area contributed by atoms with Crippen molar-refractivity contribution in [1.82, 2.24) is 9.97 Å². The van der Waals surface area contributed by atoms with Gasteiger partial charge < -0.3 is 10.2 Å². The van der Waals surface area contributed by atoms with Gasteiger partial charge in [-0.25, -0.2) is 9.37 Å². The average Bonchev–Trinajstić information content (AvgIpc) is 2.51. The van der Waals surface area contributed by atoms with Crippen molar-refractivity contribution >= 4 is 11.5 Å². The number of piperidine rings is 1. The molecule has 0 spiro atoms. The van der Waals surface area contributed by atoms with Gasteiger partial charge in [-0.3, -0.25) is 4.98 Å². The Hall–Kier alpha value is -2.17. The minimum atomic E-state index is -0.187. The predicted octanol–water partition coefficient (Wildman–Crippen LogP) is 3.31. The summed E-state index contributed by atoms with van der Waals surface area (Å²) in [4.78, 5) is 11.1. The van der Waals surface area contributed by atoms with Gasteiger partial charge in [-0.1, -0.05) is 6.07 Å². The van der Waals surface area contributed by atoms with Crippen molar-refractivity contribution in [3.05, 3.63) is 47.7 Å². The van der Waals surface area contributed by atoms with Crippen LogP contribution in [0.2, 0.25) is 0 Å². The fraction of sp³-hybridized carbons (Fsp3) is 0.412. The Labute approximate surface area is 130 Å². The molecule has 1 unspecified atom stereocenters. The van der Waals surface area contributed by atoms with E-state index in [0.717, 1.165) is 48.8 Å². The van der Waals surface area contributed by atoms with E-state index in [1.165, 1.54) is 6.07 Å². The summed E-state index contributed by atoms with van der Waals surface area (Å²) in [5, 5.41) is 3.50. The molecule has 22 heavy (non-hydrogen) atoms. The Balaban J connectivity index is 1.72. The van der Waals surface area contributed by atoms with E-state index in [0.29, 0.717) is 6.04 Å². The van der Waals surface area contributed by atoms with Crippen LogP contribution in [0.15, 0.2) is 30.5 Å². The molecule has 0 radical (unpaired) electrons. The van der Waals surface area contributed by atoms with Crippen molar-refractivity contribution in [3.8, 4) is 0 Å². The number of halogens is 1. The summed E-state index contributed by atoms with van der Waals surface area (Å²) >= 11 is 0. The summed E-state index contributed by atoms with van der Waals surface area (Å²) < 4.78 is 13.4. The molecule has 0 bridgehead atoms. The predicted molar refractivity (Wildman–Crippen MR) is 86.8 cm³/mol. The van der Waals surface area contributed by atoms with Crippen molar-refractivity contribution in [3.63, 3.8) is 0 Å². The van der Waals surface area contributed by atoms with E-state index >= 15 is 0 Å². The first-order chi connectivity index (χ1) is 10.6. The molecule has 1 aliphatic heterocycles. The van der Waals surface area contributed by atoms with E-state index < -0.39 is 0 Å². The van der Waals surface area contributed by atoms with Crippen LogP contribution in [0.3, 0.4) is 0 Å². The number of hydrogen-bond donors (Lipinski definition) is 1. The summed E-state index contributed by atoms with van der Waals surface area (Å²) in [7, 11) is 0. The average molecular weight is 300 g/mol. The highest BCUT2D eigenvalue weighted by Gasteiger charge is 2.21. The molecule has 1 aromatic heterocycles. The molecular formula is C17H21FN4. The number of anilines is 2. The Morgan fingerprint density at radius 3 is 3.00 bits per heavy atom. The van der Waals surface area contributed by atoms with Gasteiger partial charge in [-0.05, 0) is 44.9 Å². The monoisotopic (exact) mass is 300 g/mol. The van der Waals surface area contributed by atoms with E-state index in [-0.39, 0.29) is 5.82 Å². The molecule has 4 nitrogen and oxygen atoms in total. The summed E-state index contributed by atoms with van der Waals surface area (Å²) in [6.45, 7) is 5.71. The van der Waals surface area contributed by atoms with Gasteiger partial charge in [0.15, 0.2) is 0 Å². The second-order valence-corrected chi connectivity index (χ2v) is 5.85. The molecule has 1 fully saturated rings. The third-order valence-corrected chi connectivity index (χ3v) is 4.01. The van der Waals surface area contributed by atoms with E-state index in [1.807, 2.05) is 19.9 Å². The van der Waals surface area contributed by atoms with Crippen molar-refractivity contribution < 1.29 is 4.39 Å². The number of hydrogen-bond acceptors (Lipinski definition) is 4. The molecular weight excluding hydrogens is 279 g/mol. The minimum Gasteiger partial charge on any atom is -0.369 e. The van der Waals surface area contributed by atoms with Crippen LogP contribution in [-0.4, -0.2) is 29.1 Å². The second kappa shape index (κ2) is 6.30. The summed E-state index contributed by atoms with van der Waals surface area (Å²) in [6, 6.07) is 7.10. The van der Waals surface area contributed by atoms with Gasteiger partial charge in [-0.2, -0.15) is 0 Å². The van der Waals surface area contributed by atoms with Crippen molar-refractivity contribution in [2.75, 3.05) is 23.3 Å². The smallest absolute Gasteiger partial charge is 0.148 e. The van der Waals surface area contributed by atoms with E-state index in [4.69, 9.17) is 0 Å². The Bertz CT molecular complexity index is 659. The topological polar surface area (TPSA) is 41.1 Å². The van der Waals surface area contributed by atoms with Gasteiger partial charge in [-0.15, -0.1) is 0 Å². The molecule has 1 saturated heterocycles. The Morgan fingerprint density at radius 2 is 2.18 bits per heavy atom. The number of aryl methyl sites for hydroxylation is 2. The molecule has 1 aromatic carbocycles. The van der Waals surface area contributed by atoms with Crippen molar-refractivity contribution in [1.29, 1.82) is 0 Å². The highest BCUT2D eigenvalue weighted by atomic mass is 19.1. The third-order valence-electron chi connectivity index (χ3n) is 4.01. The molecule has 1 aliphatic rings. The molecule has 1 N–H and O–H groups in total. The molecule has 0 amide bonds. The normalized spacial score (nSPS) is 18.3. The van der Waals surface area contributed by atoms with E-state index in [2.05, 4.69) is 20.2 Å². The summed E-state index contributed by atoms with van der Waals surface area (Å²) in [5.41, 5.74) is 2.76. The van der Waals surface area contributed by atoms with Crippen molar-refractivity contribution in [2.24, 2.45) is 0 Å². The maximum atomic E-state index is 13.4. The summed E-state index contributed by atoms with van der Waals surface area (Å²) in [6.07, 6.45) is 3.94. The van der Waals surface area contributed by atoms with Gasteiger partial charge in [0, 0.05) is 31.0 Å². The lowest BCUT2D eigenvalue weighted by molar-refractivity contribution is 0.527. The Morgan fingerprint density at radius 1 is 1.32 bits per heavy atom. The van der Waals surface area contributed by atoms with E-state index in [1.54, 1.807) is 18.3 Å². The standard InChI is InChI=1S/C17H21FN4/c1-12-10-19-13(2)17(20-12)21-15-6-4-8-22(11-15)16-7-3-5-14(18)9-16/h3,5,7,9-10,15H,4,6,8,11H2,1-2H3,(H,20,21). The highest BCUT2D eigenvalue weighted by molar-refractivity contribution is 5.48. The number of benzene rings is 1. The van der Waals surface area contributed by atoms with Crippen LogP contribution in [0.5, 0.6) is 0 Å². The number of nitrogens with zero attached hydrogens (tertiary/aromatic N) is 3. The van der Waals surface area contributed by atoms with Crippen LogP contribution in [0.1, 0.15) is 24.2 Å². The molecule has 116 valence electrons. The third kappa shape index (κ3) is 3.35. The Kier molecular flexibility index (Phi) is 4.22. The zero-order chi connectivity index (χ0) is 15.5. The largest absolute Gasteiger partial charge is 0.369 e. The zero-order valence-electron chi connectivity index (χ0n) is 13.0. The minimum absolute atomic E-state index is 0.187. The summed E-state index contributed by atoms with van der Waals surface area (Å²) in [5.74, 6) is 0.666. The number of nitrogens with one attached hydrogen (secondary N) is 1. The van der Waals surface area contributed by atoms with Crippen LogP contribution in [0.25, 0.3) is 0 Å². The SMILES string of the molecule is Cc1cnc(C)c(NC2CCCN(c3cccc(F)c3)C2)n1. The molecule has 0 aliphatic carbocycles. The molecule has 3 rings (SSSR count). The lowest BCUT2D eigenvalue weighted by Gasteiger charge is -2.35. The molecule has 1 atom stereocenters. The maximum absolute atomic E-state index is 13.4. The van der Waals surface area contributed by atoms with Crippen LogP contribution < -0.4 is 10.2 Å². The lowest BCUT2D eigenvalue weighted by Crippen LogP contribution is -2.42. The van der Waals surface area contributed by atoms with Gasteiger partial charge in [0.1, 0.15) is 11.6 Å². The fourth-order valence-electron chi connectivity index (χ4n) is 2.87. The quantitative estimate of drug-likeness (QED) is 0.944. The molecule has 5 heteroatoms. The zero-order valence-corrected chi connectivity index (χ0v) is 13.0. The first-order valence-electron chi connectivity index (χ1n) is 7.69. The molecule has 0 saturated carbocycles. The number of rotatable bonds is 3. The lowest BCUT2D eigenvalue weighted by atomic mass is 10.0. The van der Waals surface area contributed by atoms with Crippen molar-refractivity contribution in [2.45, 2.75) is 32.7 Å². The van der Waals surface area contributed by atoms with Crippen LogP contribution in [-0.2, 0) is 0 Å². The van der Waals surface area contributed by atoms with Gasteiger partial charge in [0.25, 0.3) is 0 Å². The van der Waals surface area contributed by atoms with Crippen LogP contribution in [0.4, 0.5) is 15.9 Å². The van der Waals surface area contributed by atoms with E-state index in [9.17, 15) is 4.39 Å². The highest BCUT2D eigenvalue weighted by Crippen LogP contribution is 2.22. The fourth-order valence-corrected chi connectivity index (χ4v) is 2.87. The second-order valence-electron chi connectivity index (χ2n) is 5.85. The maximum Gasteiger partial charge on any atom is 0.148 e. The van der Waals surface area contributed by atoms with Crippen LogP contribution in [0, 0.1) is 19.7 Å². The first kappa shape index (κ1) is 14.8. The number of aromatic nitrogens is 2. The first-order valence-corrected chi connectivity index (χ1v) is 7.69. The van der Waals surface area contributed by atoms with Gasteiger partial charge in [0.2, 0.25) is 0 Å².